The van der Waals surface area contributed by atoms with Crippen molar-refractivity contribution in [1.29, 1.82) is 0 Å². The van der Waals surface area contributed by atoms with E-state index in [1.54, 1.807) is 42.5 Å². The predicted molar refractivity (Wildman–Crippen MR) is 137 cm³/mol. The van der Waals surface area contributed by atoms with E-state index in [2.05, 4.69) is 38.7 Å². The summed E-state index contributed by atoms with van der Waals surface area (Å²) in [5, 5.41) is 6.53. The fourth-order valence-corrected chi connectivity index (χ4v) is 3.55. The van der Waals surface area contributed by atoms with Crippen LogP contribution in [0.5, 0.6) is 5.75 Å². The molecule has 0 radical (unpaired) electrons. The minimum atomic E-state index is -0.495. The van der Waals surface area contributed by atoms with Crippen molar-refractivity contribution in [2.75, 3.05) is 6.54 Å². The number of carbonyl (C=O) groups excluding carboxylic acids is 3. The van der Waals surface area contributed by atoms with Gasteiger partial charge < -0.3 is 10.1 Å². The normalized spacial score (nSPS) is 10.8. The zero-order valence-corrected chi connectivity index (χ0v) is 21.1. The number of hydrogen-bond acceptors (Lipinski definition) is 5. The third kappa shape index (κ3) is 10.7. The average molecular weight is 530 g/mol. The lowest BCUT2D eigenvalue weighted by Crippen LogP contribution is -2.34. The second-order valence-corrected chi connectivity index (χ2v) is 8.79. The molecule has 0 fully saturated rings. The van der Waals surface area contributed by atoms with Crippen LogP contribution in [0.25, 0.3) is 0 Å². The third-order valence-corrected chi connectivity index (χ3v) is 5.52. The molecule has 0 atom stereocenters. The van der Waals surface area contributed by atoms with E-state index in [-0.39, 0.29) is 12.5 Å². The van der Waals surface area contributed by atoms with Gasteiger partial charge in [0.05, 0.1) is 18.3 Å². The number of hydrogen-bond donors (Lipinski definition) is 2. The zero-order chi connectivity index (χ0) is 24.6. The Balaban J connectivity index is 1.76. The molecule has 2 N–H and O–H groups in total. The van der Waals surface area contributed by atoms with E-state index in [1.165, 1.54) is 31.9 Å². The van der Waals surface area contributed by atoms with Gasteiger partial charge in [-0.25, -0.2) is 10.2 Å². The highest BCUT2D eigenvalue weighted by Crippen LogP contribution is 2.23. The van der Waals surface area contributed by atoms with Gasteiger partial charge in [0.2, 0.25) is 5.91 Å². The molecule has 8 heteroatoms. The van der Waals surface area contributed by atoms with E-state index in [0.29, 0.717) is 23.3 Å². The lowest BCUT2D eigenvalue weighted by Gasteiger charge is -2.08. The van der Waals surface area contributed by atoms with Crippen molar-refractivity contribution < 1.29 is 19.1 Å². The second-order valence-electron chi connectivity index (χ2n) is 7.88. The van der Waals surface area contributed by atoms with Gasteiger partial charge in [0.25, 0.3) is 5.91 Å². The lowest BCUT2D eigenvalue weighted by atomic mass is 10.1. The van der Waals surface area contributed by atoms with Crippen molar-refractivity contribution >= 4 is 39.9 Å². The van der Waals surface area contributed by atoms with Crippen molar-refractivity contribution in [1.82, 2.24) is 10.7 Å². The van der Waals surface area contributed by atoms with Gasteiger partial charge in [0.15, 0.2) is 0 Å². The minimum Gasteiger partial charge on any atom is -0.422 e. The first-order valence-corrected chi connectivity index (χ1v) is 12.4. The zero-order valence-electron chi connectivity index (χ0n) is 19.5. The number of rotatable bonds is 14. The molecule has 0 spiro atoms. The number of carbonyl (C=O) groups is 3. The van der Waals surface area contributed by atoms with Crippen LogP contribution in [0.1, 0.15) is 74.2 Å². The van der Waals surface area contributed by atoms with E-state index in [1.807, 2.05) is 6.07 Å². The summed E-state index contributed by atoms with van der Waals surface area (Å²) in [6.07, 6.45) is 9.74. The van der Waals surface area contributed by atoms with Gasteiger partial charge in [-0.2, -0.15) is 5.10 Å². The number of ether oxygens (including phenoxy) is 1. The smallest absolute Gasteiger partial charge is 0.343 e. The van der Waals surface area contributed by atoms with Crippen molar-refractivity contribution in [3.63, 3.8) is 0 Å². The highest BCUT2D eigenvalue weighted by atomic mass is 79.9. The number of benzene rings is 2. The van der Waals surface area contributed by atoms with Gasteiger partial charge in [-0.05, 0) is 36.8 Å². The molecule has 0 aliphatic rings. The standard InChI is InChI=1S/C26H32BrN3O4/c1-2-3-4-5-6-7-11-14-24(31)28-19-25(32)30-29-18-21-17-22(27)15-16-23(21)34-26(33)20-12-9-8-10-13-20/h8-10,12-13,15-18H,2-7,11,14,19H2,1H3,(H,28,31)(H,30,32)/b29-18+. The van der Waals surface area contributed by atoms with E-state index >= 15 is 0 Å². The van der Waals surface area contributed by atoms with Gasteiger partial charge in [-0.15, -0.1) is 0 Å². The molecule has 0 saturated carbocycles. The van der Waals surface area contributed by atoms with Gasteiger partial charge in [-0.1, -0.05) is 79.6 Å². The van der Waals surface area contributed by atoms with Crippen molar-refractivity contribution in [2.24, 2.45) is 5.10 Å². The highest BCUT2D eigenvalue weighted by molar-refractivity contribution is 9.10. The molecule has 182 valence electrons. The van der Waals surface area contributed by atoms with Crippen LogP contribution >= 0.6 is 15.9 Å². The first-order valence-electron chi connectivity index (χ1n) is 11.6. The summed E-state index contributed by atoms with van der Waals surface area (Å²) in [5.41, 5.74) is 3.30. The van der Waals surface area contributed by atoms with Crippen LogP contribution in [-0.2, 0) is 9.59 Å². The maximum absolute atomic E-state index is 12.3. The number of halogens is 1. The van der Waals surface area contributed by atoms with Crippen LogP contribution in [0, 0.1) is 0 Å². The Bertz CT molecular complexity index is 964. The number of amides is 2. The molecular weight excluding hydrogens is 498 g/mol. The summed E-state index contributed by atoms with van der Waals surface area (Å²) in [6, 6.07) is 13.7. The molecule has 0 unspecified atom stereocenters. The fourth-order valence-electron chi connectivity index (χ4n) is 3.17. The van der Waals surface area contributed by atoms with Gasteiger partial charge in [0, 0.05) is 16.5 Å². The average Bonchev–Trinajstić information content (AvgIpc) is 2.84. The molecule has 2 amide bonds. The molecule has 0 aliphatic carbocycles. The van der Waals surface area contributed by atoms with Crippen molar-refractivity contribution in [2.45, 2.75) is 58.3 Å². The molecule has 2 rings (SSSR count). The molecule has 0 bridgehead atoms. The van der Waals surface area contributed by atoms with E-state index < -0.39 is 11.9 Å². The van der Waals surface area contributed by atoms with E-state index in [9.17, 15) is 14.4 Å². The number of unbranched alkanes of at least 4 members (excludes halogenated alkanes) is 6. The molecule has 2 aromatic rings. The van der Waals surface area contributed by atoms with Crippen molar-refractivity contribution in [3.8, 4) is 5.75 Å². The lowest BCUT2D eigenvalue weighted by molar-refractivity contribution is -0.126. The number of nitrogens with zero attached hydrogens (tertiary/aromatic N) is 1. The molecule has 34 heavy (non-hydrogen) atoms. The molecule has 0 aromatic heterocycles. The Labute approximate surface area is 209 Å². The SMILES string of the molecule is CCCCCCCCCC(=O)NCC(=O)N/N=C/c1cc(Br)ccc1OC(=O)c1ccccc1. The first kappa shape index (κ1) is 27.2. The van der Waals surface area contributed by atoms with E-state index in [4.69, 9.17) is 4.74 Å². The Morgan fingerprint density at radius 2 is 1.65 bits per heavy atom. The van der Waals surface area contributed by atoms with Crippen LogP contribution in [0.2, 0.25) is 0 Å². The third-order valence-electron chi connectivity index (χ3n) is 5.03. The van der Waals surface area contributed by atoms with Crippen LogP contribution in [-0.4, -0.2) is 30.5 Å². The molecule has 0 saturated heterocycles. The summed E-state index contributed by atoms with van der Waals surface area (Å²) < 4.78 is 6.24. The minimum absolute atomic E-state index is 0.144. The second kappa shape index (κ2) is 15.8. The van der Waals surface area contributed by atoms with Crippen LogP contribution < -0.4 is 15.5 Å². The van der Waals surface area contributed by atoms with Gasteiger partial charge in [-0.3, -0.25) is 9.59 Å². The largest absolute Gasteiger partial charge is 0.422 e. The van der Waals surface area contributed by atoms with Crippen LogP contribution in [0.4, 0.5) is 0 Å². The Morgan fingerprint density at radius 3 is 2.38 bits per heavy atom. The maximum atomic E-state index is 12.3. The highest BCUT2D eigenvalue weighted by Gasteiger charge is 2.11. The topological polar surface area (TPSA) is 96.9 Å². The molecule has 2 aromatic carbocycles. The Morgan fingerprint density at radius 1 is 0.941 bits per heavy atom. The number of hydrazone groups is 1. The molecule has 7 nitrogen and oxygen atoms in total. The quantitative estimate of drug-likeness (QED) is 0.113. The number of esters is 1. The monoisotopic (exact) mass is 529 g/mol. The molecule has 0 heterocycles. The van der Waals surface area contributed by atoms with Gasteiger partial charge >= 0.3 is 5.97 Å². The Kier molecular flexibility index (Phi) is 12.6. The number of nitrogens with one attached hydrogen (secondary N) is 2. The predicted octanol–water partition coefficient (Wildman–Crippen LogP) is 5.38. The van der Waals surface area contributed by atoms with Crippen molar-refractivity contribution in [3.05, 3.63) is 64.1 Å². The first-order chi connectivity index (χ1) is 16.5. The summed E-state index contributed by atoms with van der Waals surface area (Å²) >= 11 is 3.37. The van der Waals surface area contributed by atoms with E-state index in [0.717, 1.165) is 23.7 Å². The van der Waals surface area contributed by atoms with Gasteiger partial charge in [0.1, 0.15) is 5.75 Å². The summed E-state index contributed by atoms with van der Waals surface area (Å²) in [6.45, 7) is 2.04. The fraction of sp³-hybridized carbons (Fsp3) is 0.385. The summed E-state index contributed by atoms with van der Waals surface area (Å²) in [7, 11) is 0. The summed E-state index contributed by atoms with van der Waals surface area (Å²) in [4.78, 5) is 36.2. The van der Waals surface area contributed by atoms with Crippen LogP contribution in [0.15, 0.2) is 58.1 Å². The Hall–Kier alpha value is -3.00. The molecular formula is C26H32BrN3O4. The summed E-state index contributed by atoms with van der Waals surface area (Å²) in [5.74, 6) is -0.778. The molecule has 0 aliphatic heterocycles. The maximum Gasteiger partial charge on any atom is 0.343 e. The van der Waals surface area contributed by atoms with Crippen LogP contribution in [0.3, 0.4) is 0 Å².